The van der Waals surface area contributed by atoms with Gasteiger partial charge in [0.05, 0.1) is 18.2 Å². The summed E-state index contributed by atoms with van der Waals surface area (Å²) in [5.74, 6) is -1.42. The van der Waals surface area contributed by atoms with E-state index < -0.39 is 23.8 Å². The van der Waals surface area contributed by atoms with Crippen LogP contribution in [0.15, 0.2) is 151 Å². The summed E-state index contributed by atoms with van der Waals surface area (Å²) in [5, 5.41) is 29.9. The highest BCUT2D eigenvalue weighted by atomic mass is 16.7. The molecule has 1 saturated carbocycles. The highest BCUT2D eigenvalue weighted by molar-refractivity contribution is 6.04. The second kappa shape index (κ2) is 22.5. The fourth-order valence-electron chi connectivity index (χ4n) is 10.5. The molecule has 0 radical (unpaired) electrons. The molecule has 6 atom stereocenters. The molecule has 5 aromatic rings. The van der Waals surface area contributed by atoms with Crippen LogP contribution in [-0.2, 0) is 22.7 Å². The first kappa shape index (κ1) is 47.2. The van der Waals surface area contributed by atoms with Crippen molar-refractivity contribution in [3.63, 3.8) is 0 Å². The van der Waals surface area contributed by atoms with Crippen LogP contribution in [0.2, 0.25) is 0 Å². The predicted molar refractivity (Wildman–Crippen MR) is 261 cm³/mol. The zero-order valence-corrected chi connectivity index (χ0v) is 38.4. The highest BCUT2D eigenvalue weighted by Crippen LogP contribution is 2.62. The lowest BCUT2D eigenvalue weighted by atomic mass is 9.55. The van der Waals surface area contributed by atoms with Crippen molar-refractivity contribution in [1.29, 1.82) is 0 Å². The Balaban J connectivity index is 1.29. The van der Waals surface area contributed by atoms with Gasteiger partial charge in [-0.25, -0.2) is 4.79 Å². The van der Waals surface area contributed by atoms with Crippen molar-refractivity contribution in [3.05, 3.63) is 168 Å². The summed E-state index contributed by atoms with van der Waals surface area (Å²) in [7, 11) is 0. The van der Waals surface area contributed by atoms with Gasteiger partial charge in [-0.05, 0) is 102 Å². The van der Waals surface area contributed by atoms with Gasteiger partial charge < -0.3 is 39.5 Å². The maximum atomic E-state index is 15.3. The van der Waals surface area contributed by atoms with E-state index in [0.717, 1.165) is 58.7 Å². The van der Waals surface area contributed by atoms with E-state index in [-0.39, 0.29) is 56.5 Å². The quantitative estimate of drug-likeness (QED) is 0.0376. The first-order chi connectivity index (χ1) is 32.9. The van der Waals surface area contributed by atoms with E-state index in [9.17, 15) is 15.0 Å². The lowest BCUT2D eigenvalue weighted by Crippen LogP contribution is -2.70. The van der Waals surface area contributed by atoms with Gasteiger partial charge in [-0.2, -0.15) is 0 Å². The number of carbonyl (C=O) groups is 2. The van der Waals surface area contributed by atoms with Gasteiger partial charge in [-0.1, -0.05) is 128 Å². The van der Waals surface area contributed by atoms with Gasteiger partial charge in [0.25, 0.3) is 5.91 Å². The topological polar surface area (TPSA) is 139 Å². The van der Waals surface area contributed by atoms with Gasteiger partial charge in [0.15, 0.2) is 0 Å². The Labute approximate surface area is 394 Å². The Morgan fingerprint density at radius 2 is 1.58 bits per heavy atom. The van der Waals surface area contributed by atoms with E-state index in [1.165, 1.54) is 0 Å². The molecule has 11 nitrogen and oxygen atoms in total. The molecule has 0 saturated heterocycles. The van der Waals surface area contributed by atoms with Crippen molar-refractivity contribution in [2.75, 3.05) is 26.4 Å². The van der Waals surface area contributed by atoms with Crippen LogP contribution in [0.5, 0.6) is 11.5 Å². The lowest BCUT2D eigenvalue weighted by Gasteiger charge is -2.60. The SMILES string of the molecule is C=CCO[C@@]12Oc3ccc(OC(=O)NCc4ccccc4)cc3[C@H]3[C@H](CCCCO)[C@@H](CCCCO)C=C(C(=NOCc4ccccc4)C[C@@H]1N(CCC)C(=O)c1ccc4ccccc4c1)[C@H]32. The van der Waals surface area contributed by atoms with E-state index in [1.54, 1.807) is 12.1 Å². The van der Waals surface area contributed by atoms with Crippen LogP contribution in [0.25, 0.3) is 10.8 Å². The number of carbonyl (C=O) groups excluding carboxylic acids is 2. The summed E-state index contributed by atoms with van der Waals surface area (Å²) in [5.41, 5.74) is 4.97. The number of ether oxygens (including phenoxy) is 3. The molecule has 67 heavy (non-hydrogen) atoms. The summed E-state index contributed by atoms with van der Waals surface area (Å²) in [6, 6.07) is 38.3. The number of benzene rings is 5. The number of aliphatic hydroxyl groups excluding tert-OH is 2. The van der Waals surface area contributed by atoms with Crippen LogP contribution in [0, 0.1) is 17.8 Å². The van der Waals surface area contributed by atoms with Crippen molar-refractivity contribution in [2.45, 2.75) is 89.2 Å². The minimum absolute atomic E-state index is 0.00319. The number of aliphatic hydroxyl groups is 2. The summed E-state index contributed by atoms with van der Waals surface area (Å²) in [4.78, 5) is 36.9. The number of nitrogens with zero attached hydrogens (tertiary/aromatic N) is 2. The summed E-state index contributed by atoms with van der Waals surface area (Å²) in [6.45, 7) is 7.40. The third kappa shape index (κ3) is 10.6. The molecular weight excluding hydrogens is 843 g/mol. The van der Waals surface area contributed by atoms with Gasteiger partial charge >= 0.3 is 6.09 Å². The Morgan fingerprint density at radius 3 is 2.31 bits per heavy atom. The highest BCUT2D eigenvalue weighted by Gasteiger charge is 2.65. The standard InChI is InChI=1S/C56H63N3O8/c1-3-29-59(54(62)44-26-25-41-21-11-12-22-42(41)33-44)51-36-49(58-65-38-40-19-9-6-10-20-40)47-34-43(23-13-15-30-60)46(24-14-16-31-61)52-48-35-45(66-55(63)57-37-39-17-7-5-8-18-39)27-28-50(48)67-56(51,53(47)52)64-32-4-2/h4-12,17-22,25-28,33-35,43,46,51-53,60-61H,2-3,13-16,23-24,29-32,36-38H2,1H3,(H,57,63)/t43-,46+,51-,52+,53+,56+/m0/s1. The van der Waals surface area contributed by atoms with Crippen molar-refractivity contribution < 1.29 is 38.9 Å². The van der Waals surface area contributed by atoms with E-state index in [0.29, 0.717) is 55.1 Å². The van der Waals surface area contributed by atoms with Crippen LogP contribution < -0.4 is 14.8 Å². The van der Waals surface area contributed by atoms with Crippen LogP contribution in [0.1, 0.15) is 91.3 Å². The molecule has 0 spiro atoms. The third-order valence-electron chi connectivity index (χ3n) is 13.5. The molecule has 0 bridgehead atoms. The molecule has 0 unspecified atom stereocenters. The molecule has 2 amide bonds. The second-order valence-electron chi connectivity index (χ2n) is 17.8. The second-order valence-corrected chi connectivity index (χ2v) is 17.8. The van der Waals surface area contributed by atoms with Crippen molar-refractivity contribution >= 4 is 28.5 Å². The average Bonchev–Trinajstić information content (AvgIpc) is 3.36. The average molecular weight is 906 g/mol. The number of amides is 2. The Morgan fingerprint density at radius 1 is 0.866 bits per heavy atom. The van der Waals surface area contributed by atoms with E-state index >= 15 is 4.79 Å². The number of nitrogens with one attached hydrogen (secondary N) is 1. The first-order valence-corrected chi connectivity index (χ1v) is 23.9. The Bertz CT molecular complexity index is 2530. The maximum absolute atomic E-state index is 15.3. The normalized spacial score (nSPS) is 22.2. The van der Waals surface area contributed by atoms with Crippen molar-refractivity contribution in [2.24, 2.45) is 22.9 Å². The first-order valence-electron chi connectivity index (χ1n) is 23.9. The monoisotopic (exact) mass is 905 g/mol. The molecule has 2 aliphatic carbocycles. The number of hydrogen-bond donors (Lipinski definition) is 3. The molecular formula is C56H63N3O8. The predicted octanol–water partition coefficient (Wildman–Crippen LogP) is 10.5. The fraction of sp³-hybridized carbons (Fsp3) is 0.375. The number of oxime groups is 1. The zero-order valence-electron chi connectivity index (χ0n) is 38.4. The molecule has 1 aliphatic heterocycles. The van der Waals surface area contributed by atoms with Gasteiger partial charge in [0, 0.05) is 49.8 Å². The van der Waals surface area contributed by atoms with E-state index in [1.807, 2.05) is 120 Å². The summed E-state index contributed by atoms with van der Waals surface area (Å²) >= 11 is 0. The number of rotatable bonds is 21. The Hall–Kier alpha value is -6.27. The Kier molecular flexibility index (Phi) is 15.8. The molecule has 11 heteroatoms. The van der Waals surface area contributed by atoms with Crippen LogP contribution in [0.4, 0.5) is 4.79 Å². The van der Waals surface area contributed by atoms with Crippen LogP contribution >= 0.6 is 0 Å². The molecule has 0 aromatic heterocycles. The van der Waals surface area contributed by atoms with E-state index in [2.05, 4.69) is 24.9 Å². The van der Waals surface area contributed by atoms with Crippen molar-refractivity contribution in [1.82, 2.24) is 10.2 Å². The van der Waals surface area contributed by atoms with Gasteiger partial charge in [-0.15, -0.1) is 6.58 Å². The molecule has 1 heterocycles. The molecule has 5 aromatic carbocycles. The molecule has 3 N–H and O–H groups in total. The summed E-state index contributed by atoms with van der Waals surface area (Å²) < 4.78 is 20.6. The summed E-state index contributed by atoms with van der Waals surface area (Å²) in [6.07, 6.45) is 8.84. The molecule has 1 fully saturated rings. The fourth-order valence-corrected chi connectivity index (χ4v) is 10.5. The van der Waals surface area contributed by atoms with Crippen LogP contribution in [0.3, 0.4) is 0 Å². The van der Waals surface area contributed by atoms with Gasteiger partial charge in [0.2, 0.25) is 5.79 Å². The maximum Gasteiger partial charge on any atom is 0.412 e. The number of unbranched alkanes of at least 4 members (excludes halogenated alkanes) is 2. The van der Waals surface area contributed by atoms with Crippen LogP contribution in [-0.4, -0.2) is 71.0 Å². The number of hydrogen-bond acceptors (Lipinski definition) is 9. The van der Waals surface area contributed by atoms with Crippen molar-refractivity contribution in [3.8, 4) is 11.5 Å². The zero-order chi connectivity index (χ0) is 46.6. The third-order valence-corrected chi connectivity index (χ3v) is 13.5. The molecule has 350 valence electrons. The number of fused-ring (bicyclic) bond motifs is 3. The van der Waals surface area contributed by atoms with E-state index in [4.69, 9.17) is 24.2 Å². The lowest BCUT2D eigenvalue weighted by molar-refractivity contribution is -0.254. The molecule has 8 rings (SSSR count). The van der Waals surface area contributed by atoms with Gasteiger partial charge in [-0.3, -0.25) is 4.79 Å². The number of allylic oxidation sites excluding steroid dienone is 1. The smallest absolute Gasteiger partial charge is 0.412 e. The van der Waals surface area contributed by atoms with Gasteiger partial charge in [0.1, 0.15) is 24.1 Å². The molecule has 3 aliphatic rings. The largest absolute Gasteiger partial charge is 0.459 e. The minimum Gasteiger partial charge on any atom is -0.459 e. The minimum atomic E-state index is -1.43.